The van der Waals surface area contributed by atoms with Crippen LogP contribution in [0.5, 0.6) is 0 Å². The highest BCUT2D eigenvalue weighted by atomic mass is 16.6. The average molecular weight is 319 g/mol. The summed E-state index contributed by atoms with van der Waals surface area (Å²) in [5.74, 6) is 0. The van der Waals surface area contributed by atoms with Crippen molar-refractivity contribution < 1.29 is 19.4 Å². The molecule has 1 aromatic carbocycles. The molecule has 1 fully saturated rings. The minimum Gasteiger partial charge on any atom is -0.444 e. The number of aliphatic hydroxyl groups excluding tert-OH is 1. The number of rotatable bonds is 3. The second-order valence-corrected chi connectivity index (χ2v) is 6.83. The van der Waals surface area contributed by atoms with Crippen LogP contribution in [-0.4, -0.2) is 40.6 Å². The third-order valence-corrected chi connectivity index (χ3v) is 3.60. The van der Waals surface area contributed by atoms with Gasteiger partial charge >= 0.3 is 6.09 Å². The SMILES string of the molecule is C=C(C)[C@H](O)[C@@H]1OC[C@H](c2ccccc2)N1C(=O)OC(C)(C)C. The predicted octanol–water partition coefficient (Wildman–Crippen LogP) is 3.26. The number of amides is 1. The van der Waals surface area contributed by atoms with Crippen LogP contribution in [0, 0.1) is 0 Å². The van der Waals surface area contributed by atoms with Crippen LogP contribution in [0.4, 0.5) is 4.79 Å². The van der Waals surface area contributed by atoms with E-state index in [4.69, 9.17) is 9.47 Å². The van der Waals surface area contributed by atoms with Gasteiger partial charge in [0.05, 0.1) is 12.6 Å². The highest BCUT2D eigenvalue weighted by Crippen LogP contribution is 2.34. The van der Waals surface area contributed by atoms with Gasteiger partial charge in [0, 0.05) is 0 Å². The molecule has 126 valence electrons. The Morgan fingerprint density at radius 2 is 2.00 bits per heavy atom. The van der Waals surface area contributed by atoms with Gasteiger partial charge in [-0.05, 0) is 38.8 Å². The van der Waals surface area contributed by atoms with Gasteiger partial charge in [0.15, 0.2) is 6.23 Å². The molecule has 1 saturated heterocycles. The zero-order chi connectivity index (χ0) is 17.2. The minimum absolute atomic E-state index is 0.301. The van der Waals surface area contributed by atoms with E-state index in [1.54, 1.807) is 6.92 Å². The Kier molecular flexibility index (Phi) is 5.12. The van der Waals surface area contributed by atoms with Crippen molar-refractivity contribution in [2.45, 2.75) is 51.7 Å². The maximum atomic E-state index is 12.7. The molecule has 1 amide bonds. The Bertz CT molecular complexity index is 564. The van der Waals surface area contributed by atoms with Gasteiger partial charge in [-0.1, -0.05) is 36.9 Å². The van der Waals surface area contributed by atoms with Crippen LogP contribution in [0.3, 0.4) is 0 Å². The quantitative estimate of drug-likeness (QED) is 0.869. The van der Waals surface area contributed by atoms with E-state index in [1.807, 2.05) is 51.1 Å². The molecule has 1 heterocycles. The summed E-state index contributed by atoms with van der Waals surface area (Å²) in [5, 5.41) is 10.3. The number of hydrogen-bond acceptors (Lipinski definition) is 4. The molecule has 0 radical (unpaired) electrons. The van der Waals surface area contributed by atoms with E-state index in [-0.39, 0.29) is 6.04 Å². The van der Waals surface area contributed by atoms with Crippen molar-refractivity contribution in [3.63, 3.8) is 0 Å². The highest BCUT2D eigenvalue weighted by Gasteiger charge is 2.44. The summed E-state index contributed by atoms with van der Waals surface area (Å²) in [6, 6.07) is 9.29. The summed E-state index contributed by atoms with van der Waals surface area (Å²) in [6.07, 6.45) is -2.27. The highest BCUT2D eigenvalue weighted by molar-refractivity contribution is 5.69. The fourth-order valence-corrected chi connectivity index (χ4v) is 2.49. The van der Waals surface area contributed by atoms with Crippen molar-refractivity contribution in [2.75, 3.05) is 6.61 Å². The molecule has 1 N–H and O–H groups in total. The van der Waals surface area contributed by atoms with Crippen molar-refractivity contribution in [3.05, 3.63) is 48.0 Å². The molecule has 0 unspecified atom stereocenters. The maximum absolute atomic E-state index is 12.7. The summed E-state index contributed by atoms with van der Waals surface area (Å²) in [5.41, 5.74) is 0.853. The van der Waals surface area contributed by atoms with Crippen LogP contribution in [0.25, 0.3) is 0 Å². The molecule has 1 aliphatic heterocycles. The fraction of sp³-hybridized carbons (Fsp3) is 0.500. The number of benzene rings is 1. The Hall–Kier alpha value is -1.85. The second-order valence-electron chi connectivity index (χ2n) is 6.83. The van der Waals surface area contributed by atoms with Crippen molar-refractivity contribution in [2.24, 2.45) is 0 Å². The van der Waals surface area contributed by atoms with E-state index in [1.165, 1.54) is 4.90 Å². The van der Waals surface area contributed by atoms with E-state index >= 15 is 0 Å². The van der Waals surface area contributed by atoms with Crippen LogP contribution in [0.15, 0.2) is 42.5 Å². The van der Waals surface area contributed by atoms with Gasteiger partial charge in [0.1, 0.15) is 11.7 Å². The topological polar surface area (TPSA) is 59.0 Å². The monoisotopic (exact) mass is 319 g/mol. The van der Waals surface area contributed by atoms with Gasteiger partial charge in [-0.15, -0.1) is 0 Å². The van der Waals surface area contributed by atoms with Gasteiger partial charge in [-0.3, -0.25) is 4.90 Å². The van der Waals surface area contributed by atoms with Crippen LogP contribution in [-0.2, 0) is 9.47 Å². The third kappa shape index (κ3) is 4.12. The summed E-state index contributed by atoms with van der Waals surface area (Å²) in [6.45, 7) is 11.2. The standard InChI is InChI=1S/C18H25NO4/c1-12(2)15(20)16-19(17(21)23-18(3,4)5)14(11-22-16)13-9-7-6-8-10-13/h6-10,14-16,20H,1,11H2,2-5H3/t14-,15+,16+/m1/s1. The number of carbonyl (C=O) groups excluding carboxylic acids is 1. The number of nitrogens with zero attached hydrogens (tertiary/aromatic N) is 1. The second kappa shape index (κ2) is 6.72. The molecule has 0 bridgehead atoms. The van der Waals surface area contributed by atoms with Crippen LogP contribution >= 0.6 is 0 Å². The molecular weight excluding hydrogens is 294 g/mol. The Morgan fingerprint density at radius 1 is 1.39 bits per heavy atom. The zero-order valence-corrected chi connectivity index (χ0v) is 14.2. The number of aliphatic hydroxyl groups is 1. The molecule has 1 aromatic rings. The van der Waals surface area contributed by atoms with Crippen molar-refractivity contribution >= 4 is 6.09 Å². The van der Waals surface area contributed by atoms with E-state index in [0.717, 1.165) is 5.56 Å². The van der Waals surface area contributed by atoms with E-state index < -0.39 is 24.0 Å². The molecular formula is C18H25NO4. The molecule has 5 heteroatoms. The van der Waals surface area contributed by atoms with Gasteiger partial charge in [0.2, 0.25) is 0 Å². The van der Waals surface area contributed by atoms with Crippen LogP contribution < -0.4 is 0 Å². The molecule has 0 aliphatic carbocycles. The minimum atomic E-state index is -0.962. The van der Waals surface area contributed by atoms with E-state index in [0.29, 0.717) is 12.2 Å². The molecule has 5 nitrogen and oxygen atoms in total. The number of ether oxygens (including phenoxy) is 2. The van der Waals surface area contributed by atoms with Crippen molar-refractivity contribution in [3.8, 4) is 0 Å². The molecule has 23 heavy (non-hydrogen) atoms. The maximum Gasteiger partial charge on any atom is 0.413 e. The lowest BCUT2D eigenvalue weighted by Gasteiger charge is -2.33. The van der Waals surface area contributed by atoms with Crippen molar-refractivity contribution in [1.29, 1.82) is 0 Å². The first-order chi connectivity index (χ1) is 10.7. The predicted molar refractivity (Wildman–Crippen MR) is 87.8 cm³/mol. The molecule has 2 rings (SSSR count). The number of hydrogen-bond donors (Lipinski definition) is 1. The van der Waals surface area contributed by atoms with Gasteiger partial charge < -0.3 is 14.6 Å². The van der Waals surface area contributed by atoms with Gasteiger partial charge in [0.25, 0.3) is 0 Å². The third-order valence-electron chi connectivity index (χ3n) is 3.60. The molecule has 0 aromatic heterocycles. The first kappa shape index (κ1) is 17.5. The van der Waals surface area contributed by atoms with Gasteiger partial charge in [-0.2, -0.15) is 0 Å². The summed E-state index contributed by atoms with van der Waals surface area (Å²) >= 11 is 0. The largest absolute Gasteiger partial charge is 0.444 e. The zero-order valence-electron chi connectivity index (χ0n) is 14.2. The lowest BCUT2D eigenvalue weighted by atomic mass is 10.1. The lowest BCUT2D eigenvalue weighted by Crippen LogP contribution is -2.47. The van der Waals surface area contributed by atoms with Gasteiger partial charge in [-0.25, -0.2) is 4.79 Å². The molecule has 0 saturated carbocycles. The molecule has 1 aliphatic rings. The fourth-order valence-electron chi connectivity index (χ4n) is 2.49. The lowest BCUT2D eigenvalue weighted by molar-refractivity contribution is -0.0579. The summed E-state index contributed by atoms with van der Waals surface area (Å²) in [7, 11) is 0. The first-order valence-electron chi connectivity index (χ1n) is 7.72. The van der Waals surface area contributed by atoms with Crippen molar-refractivity contribution in [1.82, 2.24) is 4.90 Å². The van der Waals surface area contributed by atoms with E-state index in [2.05, 4.69) is 6.58 Å². The molecule has 0 spiro atoms. The number of carbonyl (C=O) groups is 1. The van der Waals surface area contributed by atoms with Crippen LogP contribution in [0.1, 0.15) is 39.3 Å². The Morgan fingerprint density at radius 3 is 2.52 bits per heavy atom. The smallest absolute Gasteiger partial charge is 0.413 e. The Labute approximate surface area is 137 Å². The average Bonchev–Trinajstić information content (AvgIpc) is 2.90. The summed E-state index contributed by atoms with van der Waals surface area (Å²) < 4.78 is 11.2. The first-order valence-corrected chi connectivity index (χ1v) is 7.72. The van der Waals surface area contributed by atoms with Crippen LogP contribution in [0.2, 0.25) is 0 Å². The molecule has 3 atom stereocenters. The normalized spacial score (nSPS) is 22.7. The Balaban J connectivity index is 2.32. The summed E-state index contributed by atoms with van der Waals surface area (Å²) in [4.78, 5) is 14.1. The van der Waals surface area contributed by atoms with E-state index in [9.17, 15) is 9.90 Å².